The number of nitrogens with zero attached hydrogens (tertiary/aromatic N) is 1. The molecule has 1 amide bonds. The van der Waals surface area contributed by atoms with Crippen molar-refractivity contribution in [3.05, 3.63) is 59.4 Å². The van der Waals surface area contributed by atoms with Crippen LogP contribution in [0.3, 0.4) is 0 Å². The van der Waals surface area contributed by atoms with Crippen molar-refractivity contribution < 1.29 is 19.4 Å². The van der Waals surface area contributed by atoms with Crippen molar-refractivity contribution in [2.75, 3.05) is 13.7 Å². The molecule has 1 heterocycles. The average molecular weight is 326 g/mol. The second-order valence-electron chi connectivity index (χ2n) is 5.90. The van der Waals surface area contributed by atoms with Gasteiger partial charge in [-0.05, 0) is 31.0 Å². The topological polar surface area (TPSA) is 88.5 Å². The first-order valence-corrected chi connectivity index (χ1v) is 7.67. The Balaban J connectivity index is 1.69. The van der Waals surface area contributed by atoms with E-state index in [9.17, 15) is 9.59 Å². The summed E-state index contributed by atoms with van der Waals surface area (Å²) < 4.78 is 5.42. The van der Waals surface area contributed by atoms with E-state index in [4.69, 9.17) is 9.84 Å². The summed E-state index contributed by atoms with van der Waals surface area (Å²) in [5.41, 5.74) is 1.28. The maximum atomic E-state index is 12.3. The highest BCUT2D eigenvalue weighted by molar-refractivity contribution is 5.95. The van der Waals surface area contributed by atoms with E-state index in [2.05, 4.69) is 10.3 Å². The predicted molar refractivity (Wildman–Crippen MR) is 87.4 cm³/mol. The quantitative estimate of drug-likeness (QED) is 0.850. The number of hydrogen-bond acceptors (Lipinski definition) is 4. The highest BCUT2D eigenvalue weighted by Gasteiger charge is 2.46. The minimum absolute atomic E-state index is 0.0840. The van der Waals surface area contributed by atoms with Crippen molar-refractivity contribution in [1.82, 2.24) is 10.3 Å². The number of rotatable bonds is 6. The Morgan fingerprint density at radius 1 is 1.25 bits per heavy atom. The van der Waals surface area contributed by atoms with Crippen molar-refractivity contribution in [3.63, 3.8) is 0 Å². The number of amides is 1. The van der Waals surface area contributed by atoms with Gasteiger partial charge in [0, 0.05) is 23.7 Å². The number of hydrogen-bond donors (Lipinski definition) is 2. The van der Waals surface area contributed by atoms with Gasteiger partial charge in [-0.1, -0.05) is 18.2 Å². The molecule has 0 aliphatic heterocycles. The summed E-state index contributed by atoms with van der Waals surface area (Å²) in [6.07, 6.45) is 3.26. The molecule has 3 rings (SSSR count). The van der Waals surface area contributed by atoms with Crippen LogP contribution in [0.25, 0.3) is 0 Å². The van der Waals surface area contributed by atoms with Crippen molar-refractivity contribution >= 4 is 11.9 Å². The summed E-state index contributed by atoms with van der Waals surface area (Å²) in [7, 11) is 1.64. The smallest absolute Gasteiger partial charge is 0.354 e. The number of methoxy groups -OCH3 is 1. The Labute approximate surface area is 139 Å². The van der Waals surface area contributed by atoms with E-state index >= 15 is 0 Å². The summed E-state index contributed by atoms with van der Waals surface area (Å²) in [6.45, 7) is 0.507. The number of aromatic carboxylic acids is 1. The van der Waals surface area contributed by atoms with E-state index in [0.29, 0.717) is 12.1 Å². The molecule has 0 unspecified atom stereocenters. The Morgan fingerprint density at radius 3 is 2.58 bits per heavy atom. The lowest BCUT2D eigenvalue weighted by Crippen LogP contribution is -2.32. The number of ether oxygens (including phenoxy) is 1. The molecule has 2 aromatic rings. The van der Waals surface area contributed by atoms with Crippen LogP contribution in [0.15, 0.2) is 42.6 Å². The zero-order chi connectivity index (χ0) is 17.2. The Kier molecular flexibility index (Phi) is 4.20. The fourth-order valence-corrected chi connectivity index (χ4v) is 2.78. The molecule has 1 aliphatic rings. The lowest BCUT2D eigenvalue weighted by molar-refractivity contribution is 0.0689. The minimum Gasteiger partial charge on any atom is -0.496 e. The molecule has 24 heavy (non-hydrogen) atoms. The molecule has 1 fully saturated rings. The number of aromatic nitrogens is 1. The van der Waals surface area contributed by atoms with Crippen molar-refractivity contribution in [1.29, 1.82) is 0 Å². The number of carbonyl (C=O) groups is 2. The third-order valence-corrected chi connectivity index (χ3v) is 4.36. The summed E-state index contributed by atoms with van der Waals surface area (Å²) in [6, 6.07) is 10.6. The molecule has 0 radical (unpaired) electrons. The number of pyridine rings is 1. The zero-order valence-corrected chi connectivity index (χ0v) is 13.3. The van der Waals surface area contributed by atoms with Gasteiger partial charge in [-0.25, -0.2) is 9.78 Å². The number of para-hydroxylation sites is 1. The van der Waals surface area contributed by atoms with Crippen LogP contribution in [-0.2, 0) is 5.41 Å². The molecule has 2 N–H and O–H groups in total. The maximum absolute atomic E-state index is 12.3. The van der Waals surface area contributed by atoms with E-state index in [-0.39, 0.29) is 17.0 Å². The second kappa shape index (κ2) is 6.31. The molecular weight excluding hydrogens is 308 g/mol. The van der Waals surface area contributed by atoms with E-state index in [1.54, 1.807) is 7.11 Å². The lowest BCUT2D eigenvalue weighted by Gasteiger charge is -2.19. The fourth-order valence-electron chi connectivity index (χ4n) is 2.78. The van der Waals surface area contributed by atoms with Crippen LogP contribution < -0.4 is 10.1 Å². The molecular formula is C18H18N2O4. The first-order chi connectivity index (χ1) is 11.6. The molecule has 6 heteroatoms. The Morgan fingerprint density at radius 2 is 2.00 bits per heavy atom. The van der Waals surface area contributed by atoms with Gasteiger partial charge in [0.25, 0.3) is 5.91 Å². The highest BCUT2D eigenvalue weighted by atomic mass is 16.5. The molecule has 0 bridgehead atoms. The van der Waals surface area contributed by atoms with E-state index in [0.717, 1.165) is 24.2 Å². The van der Waals surface area contributed by atoms with Gasteiger partial charge in [0.1, 0.15) is 11.4 Å². The van der Waals surface area contributed by atoms with E-state index < -0.39 is 5.97 Å². The van der Waals surface area contributed by atoms with Gasteiger partial charge in [-0.3, -0.25) is 4.79 Å². The van der Waals surface area contributed by atoms with Crippen LogP contribution in [0.5, 0.6) is 5.75 Å². The number of carbonyl (C=O) groups excluding carboxylic acids is 1. The van der Waals surface area contributed by atoms with Crippen molar-refractivity contribution in [3.8, 4) is 5.75 Å². The molecule has 1 saturated carbocycles. The minimum atomic E-state index is -1.12. The SMILES string of the molecule is COc1ccccc1C1(CNC(=O)c2ccc(C(=O)O)nc2)CC1. The first-order valence-electron chi connectivity index (χ1n) is 7.67. The molecule has 124 valence electrons. The largest absolute Gasteiger partial charge is 0.496 e. The lowest BCUT2D eigenvalue weighted by atomic mass is 9.94. The predicted octanol–water partition coefficient (Wildman–Crippen LogP) is 2.25. The average Bonchev–Trinajstić information content (AvgIpc) is 3.41. The van der Waals surface area contributed by atoms with Gasteiger partial charge in [0.05, 0.1) is 12.7 Å². The van der Waals surface area contributed by atoms with Gasteiger partial charge in [0.15, 0.2) is 0 Å². The summed E-state index contributed by atoms with van der Waals surface area (Å²) in [5, 5.41) is 11.8. The van der Waals surface area contributed by atoms with Gasteiger partial charge in [-0.2, -0.15) is 0 Å². The number of carboxylic acid groups (broad SMARTS) is 1. The molecule has 1 aromatic carbocycles. The third-order valence-electron chi connectivity index (χ3n) is 4.36. The van der Waals surface area contributed by atoms with Crippen molar-refractivity contribution in [2.45, 2.75) is 18.3 Å². The molecule has 0 saturated heterocycles. The van der Waals surface area contributed by atoms with Gasteiger partial charge in [0.2, 0.25) is 0 Å². The normalized spacial score (nSPS) is 14.7. The maximum Gasteiger partial charge on any atom is 0.354 e. The van der Waals surface area contributed by atoms with Crippen LogP contribution in [-0.4, -0.2) is 35.6 Å². The summed E-state index contributed by atoms with van der Waals surface area (Å²) in [5.74, 6) is -0.549. The van der Waals surface area contributed by atoms with Crippen LogP contribution in [0.4, 0.5) is 0 Å². The highest BCUT2D eigenvalue weighted by Crippen LogP contribution is 2.50. The zero-order valence-electron chi connectivity index (χ0n) is 13.3. The Hall–Kier alpha value is -2.89. The van der Waals surface area contributed by atoms with Crippen molar-refractivity contribution in [2.24, 2.45) is 0 Å². The summed E-state index contributed by atoms with van der Waals surface area (Å²) in [4.78, 5) is 26.8. The second-order valence-corrected chi connectivity index (χ2v) is 5.90. The van der Waals surface area contributed by atoms with Crippen LogP contribution in [0.2, 0.25) is 0 Å². The van der Waals surface area contributed by atoms with Gasteiger partial charge < -0.3 is 15.2 Å². The molecule has 1 aliphatic carbocycles. The number of nitrogens with one attached hydrogen (secondary N) is 1. The molecule has 1 aromatic heterocycles. The fraction of sp³-hybridized carbons (Fsp3) is 0.278. The first kappa shape index (κ1) is 16.0. The third kappa shape index (κ3) is 3.08. The standard InChI is InChI=1S/C18H18N2O4/c1-24-15-5-3-2-4-13(15)18(8-9-18)11-20-16(21)12-6-7-14(17(22)23)19-10-12/h2-7,10H,8-9,11H2,1H3,(H,20,21)(H,22,23). The van der Waals surface area contributed by atoms with Gasteiger partial charge >= 0.3 is 5.97 Å². The molecule has 0 spiro atoms. The van der Waals surface area contributed by atoms with Crippen LogP contribution in [0.1, 0.15) is 39.3 Å². The van der Waals surface area contributed by atoms with Gasteiger partial charge in [-0.15, -0.1) is 0 Å². The van der Waals surface area contributed by atoms with Crippen LogP contribution in [0, 0.1) is 0 Å². The number of benzene rings is 1. The monoisotopic (exact) mass is 326 g/mol. The Bertz CT molecular complexity index is 767. The van der Waals surface area contributed by atoms with E-state index in [1.807, 2.05) is 24.3 Å². The number of carboxylic acids is 1. The molecule has 0 atom stereocenters. The van der Waals surface area contributed by atoms with E-state index in [1.165, 1.54) is 18.3 Å². The molecule has 6 nitrogen and oxygen atoms in total. The van der Waals surface area contributed by atoms with Crippen LogP contribution >= 0.6 is 0 Å². The summed E-state index contributed by atoms with van der Waals surface area (Å²) >= 11 is 0.